The van der Waals surface area contributed by atoms with E-state index in [4.69, 9.17) is 4.74 Å². The molecule has 1 saturated carbocycles. The minimum atomic E-state index is 0.575. The van der Waals surface area contributed by atoms with Gasteiger partial charge in [0.1, 0.15) is 0 Å². The van der Waals surface area contributed by atoms with Crippen molar-refractivity contribution in [2.45, 2.75) is 38.6 Å². The summed E-state index contributed by atoms with van der Waals surface area (Å²) in [5.41, 5.74) is 2.63. The average molecular weight is 233 g/mol. The molecule has 0 aromatic heterocycles. The fourth-order valence-corrected chi connectivity index (χ4v) is 2.27. The molecule has 1 fully saturated rings. The number of para-hydroxylation sites is 1. The Morgan fingerprint density at radius 1 is 1.35 bits per heavy atom. The summed E-state index contributed by atoms with van der Waals surface area (Å²) in [6, 6.07) is 9.13. The molecule has 1 N–H and O–H groups in total. The van der Waals surface area contributed by atoms with Crippen molar-refractivity contribution in [1.29, 1.82) is 0 Å². The molecule has 0 aliphatic heterocycles. The topological polar surface area (TPSA) is 21.3 Å². The van der Waals surface area contributed by atoms with Crippen molar-refractivity contribution in [1.82, 2.24) is 0 Å². The molecular formula is C15H23NO. The van der Waals surface area contributed by atoms with Crippen molar-refractivity contribution in [3.05, 3.63) is 29.8 Å². The lowest BCUT2D eigenvalue weighted by atomic mass is 10.1. The second-order valence-corrected chi connectivity index (χ2v) is 5.12. The number of benzene rings is 1. The van der Waals surface area contributed by atoms with Crippen LogP contribution in [0.15, 0.2) is 24.3 Å². The van der Waals surface area contributed by atoms with Gasteiger partial charge in [-0.05, 0) is 37.3 Å². The first kappa shape index (κ1) is 12.4. The molecule has 0 saturated heterocycles. The molecule has 0 radical (unpaired) electrons. The molecule has 1 unspecified atom stereocenters. The Bertz CT molecular complexity index is 347. The van der Waals surface area contributed by atoms with E-state index in [0.717, 1.165) is 18.9 Å². The van der Waals surface area contributed by atoms with E-state index in [-0.39, 0.29) is 0 Å². The molecule has 1 atom stereocenters. The van der Waals surface area contributed by atoms with E-state index in [1.54, 1.807) is 7.11 Å². The molecule has 0 bridgehead atoms. The zero-order valence-electron chi connectivity index (χ0n) is 10.9. The maximum atomic E-state index is 5.15. The summed E-state index contributed by atoms with van der Waals surface area (Å²) in [6.45, 7) is 3.07. The number of methoxy groups -OCH3 is 1. The molecule has 1 aliphatic rings. The van der Waals surface area contributed by atoms with Gasteiger partial charge in [0.05, 0.1) is 6.61 Å². The number of ether oxygens (including phenoxy) is 1. The Morgan fingerprint density at radius 3 is 2.82 bits per heavy atom. The SMILES string of the molecule is COCCc1ccccc1NC(C)CC1CC1. The van der Waals surface area contributed by atoms with E-state index >= 15 is 0 Å². The van der Waals surface area contributed by atoms with Crippen LogP contribution in [0.3, 0.4) is 0 Å². The van der Waals surface area contributed by atoms with Crippen LogP contribution in [0, 0.1) is 5.92 Å². The summed E-state index contributed by atoms with van der Waals surface area (Å²) < 4.78 is 5.15. The first-order valence-corrected chi connectivity index (χ1v) is 6.63. The number of hydrogen-bond acceptors (Lipinski definition) is 2. The van der Waals surface area contributed by atoms with Gasteiger partial charge in [-0.3, -0.25) is 0 Å². The quantitative estimate of drug-likeness (QED) is 0.778. The van der Waals surface area contributed by atoms with Gasteiger partial charge in [-0.1, -0.05) is 31.0 Å². The lowest BCUT2D eigenvalue weighted by molar-refractivity contribution is 0.202. The van der Waals surface area contributed by atoms with Gasteiger partial charge in [-0.2, -0.15) is 0 Å². The molecular weight excluding hydrogens is 210 g/mol. The van der Waals surface area contributed by atoms with Gasteiger partial charge in [0.15, 0.2) is 0 Å². The van der Waals surface area contributed by atoms with Crippen LogP contribution in [0.1, 0.15) is 31.7 Å². The molecule has 0 heterocycles. The third-order valence-corrected chi connectivity index (χ3v) is 3.38. The van der Waals surface area contributed by atoms with E-state index in [0.29, 0.717) is 6.04 Å². The van der Waals surface area contributed by atoms with Crippen LogP contribution in [0.2, 0.25) is 0 Å². The fourth-order valence-electron chi connectivity index (χ4n) is 2.27. The lowest BCUT2D eigenvalue weighted by Gasteiger charge is -2.18. The third-order valence-electron chi connectivity index (χ3n) is 3.38. The van der Waals surface area contributed by atoms with Crippen LogP contribution in [0.25, 0.3) is 0 Å². The molecule has 0 spiro atoms. The van der Waals surface area contributed by atoms with E-state index in [1.807, 2.05) is 0 Å². The van der Waals surface area contributed by atoms with Crippen molar-refractivity contribution < 1.29 is 4.74 Å². The molecule has 2 heteroatoms. The first-order valence-electron chi connectivity index (χ1n) is 6.63. The van der Waals surface area contributed by atoms with Gasteiger partial charge in [0.2, 0.25) is 0 Å². The van der Waals surface area contributed by atoms with Gasteiger partial charge in [-0.25, -0.2) is 0 Å². The summed E-state index contributed by atoms with van der Waals surface area (Å²) in [5.74, 6) is 0.976. The summed E-state index contributed by atoms with van der Waals surface area (Å²) in [4.78, 5) is 0. The number of anilines is 1. The third kappa shape index (κ3) is 4.04. The van der Waals surface area contributed by atoms with Crippen molar-refractivity contribution in [2.24, 2.45) is 5.92 Å². The maximum Gasteiger partial charge on any atom is 0.0503 e. The normalized spacial score (nSPS) is 16.8. The van der Waals surface area contributed by atoms with Crippen molar-refractivity contribution in [2.75, 3.05) is 19.0 Å². The Labute approximate surface area is 104 Å². The number of rotatable bonds is 7. The zero-order chi connectivity index (χ0) is 12.1. The van der Waals surface area contributed by atoms with Gasteiger partial charge < -0.3 is 10.1 Å². The Hall–Kier alpha value is -1.02. The second kappa shape index (κ2) is 6.06. The van der Waals surface area contributed by atoms with Gasteiger partial charge in [0, 0.05) is 18.8 Å². The summed E-state index contributed by atoms with van der Waals surface area (Å²) in [5, 5.41) is 3.64. The molecule has 0 amide bonds. The van der Waals surface area contributed by atoms with E-state index in [2.05, 4.69) is 36.5 Å². The zero-order valence-corrected chi connectivity index (χ0v) is 10.9. The monoisotopic (exact) mass is 233 g/mol. The summed E-state index contributed by atoms with van der Waals surface area (Å²) in [7, 11) is 1.76. The molecule has 1 aromatic rings. The highest BCUT2D eigenvalue weighted by molar-refractivity contribution is 5.51. The Kier molecular flexibility index (Phi) is 4.43. The summed E-state index contributed by atoms with van der Waals surface area (Å²) >= 11 is 0. The van der Waals surface area contributed by atoms with Gasteiger partial charge in [-0.15, -0.1) is 0 Å². The molecule has 94 valence electrons. The predicted molar refractivity (Wildman–Crippen MR) is 72.4 cm³/mol. The lowest BCUT2D eigenvalue weighted by Crippen LogP contribution is -2.17. The Balaban J connectivity index is 1.92. The molecule has 2 nitrogen and oxygen atoms in total. The highest BCUT2D eigenvalue weighted by atomic mass is 16.5. The molecule has 17 heavy (non-hydrogen) atoms. The maximum absolute atomic E-state index is 5.15. The van der Waals surface area contributed by atoms with Crippen molar-refractivity contribution >= 4 is 5.69 Å². The molecule has 2 rings (SSSR count). The van der Waals surface area contributed by atoms with Crippen LogP contribution < -0.4 is 5.32 Å². The standard InChI is InChI=1S/C15H23NO/c1-12(11-13-7-8-13)16-15-6-4-3-5-14(15)9-10-17-2/h3-6,12-13,16H,7-11H2,1-2H3. The fraction of sp³-hybridized carbons (Fsp3) is 0.600. The number of hydrogen-bond donors (Lipinski definition) is 1. The summed E-state index contributed by atoms with van der Waals surface area (Å²) in [6.07, 6.45) is 5.14. The van der Waals surface area contributed by atoms with Crippen LogP contribution in [0.4, 0.5) is 5.69 Å². The first-order chi connectivity index (χ1) is 8.29. The highest BCUT2D eigenvalue weighted by Gasteiger charge is 2.23. The van der Waals surface area contributed by atoms with Crippen LogP contribution in [-0.2, 0) is 11.2 Å². The van der Waals surface area contributed by atoms with Crippen LogP contribution >= 0.6 is 0 Å². The average Bonchev–Trinajstić information content (AvgIpc) is 3.11. The minimum Gasteiger partial charge on any atom is -0.384 e. The van der Waals surface area contributed by atoms with Gasteiger partial charge >= 0.3 is 0 Å². The van der Waals surface area contributed by atoms with Crippen molar-refractivity contribution in [3.63, 3.8) is 0 Å². The minimum absolute atomic E-state index is 0.575. The molecule has 1 aliphatic carbocycles. The smallest absolute Gasteiger partial charge is 0.0503 e. The largest absolute Gasteiger partial charge is 0.384 e. The van der Waals surface area contributed by atoms with E-state index in [1.165, 1.54) is 30.5 Å². The second-order valence-electron chi connectivity index (χ2n) is 5.12. The number of nitrogens with one attached hydrogen (secondary N) is 1. The van der Waals surface area contributed by atoms with Crippen LogP contribution in [-0.4, -0.2) is 19.8 Å². The highest BCUT2D eigenvalue weighted by Crippen LogP contribution is 2.34. The van der Waals surface area contributed by atoms with Crippen molar-refractivity contribution in [3.8, 4) is 0 Å². The van der Waals surface area contributed by atoms with E-state index < -0.39 is 0 Å². The van der Waals surface area contributed by atoms with E-state index in [9.17, 15) is 0 Å². The van der Waals surface area contributed by atoms with Crippen LogP contribution in [0.5, 0.6) is 0 Å². The Morgan fingerprint density at radius 2 is 2.12 bits per heavy atom. The van der Waals surface area contributed by atoms with Gasteiger partial charge in [0.25, 0.3) is 0 Å². The molecule has 1 aromatic carbocycles. The predicted octanol–water partition coefficient (Wildman–Crippen LogP) is 3.48.